The van der Waals surface area contributed by atoms with Gasteiger partial charge in [-0.3, -0.25) is 0 Å². The summed E-state index contributed by atoms with van der Waals surface area (Å²) in [6, 6.07) is 0. The van der Waals surface area contributed by atoms with Crippen molar-refractivity contribution in [1.82, 2.24) is 0 Å². The normalized spacial score (nSPS) is 18.5. The van der Waals surface area contributed by atoms with E-state index in [1.807, 2.05) is 0 Å². The summed E-state index contributed by atoms with van der Waals surface area (Å²) < 4.78 is 5.39. The second-order valence-corrected chi connectivity index (χ2v) is 3.72. The number of hydrogen-bond acceptors (Lipinski definition) is 1. The van der Waals surface area contributed by atoms with Crippen molar-refractivity contribution in [2.24, 2.45) is 0 Å². The maximum absolute atomic E-state index is 5.39. The van der Waals surface area contributed by atoms with Crippen LogP contribution in [0, 0.1) is 6.92 Å². The van der Waals surface area contributed by atoms with Gasteiger partial charge in [0.1, 0.15) is 0 Å². The quantitative estimate of drug-likeness (QED) is 0.695. The van der Waals surface area contributed by atoms with E-state index in [0.29, 0.717) is 0 Å². The maximum Gasteiger partial charge on any atom is 0.0814 e. The molecule has 0 saturated carbocycles. The van der Waals surface area contributed by atoms with E-state index in [1.54, 1.807) is 7.11 Å². The Labute approximate surface area is 113 Å². The molecule has 0 spiro atoms. The van der Waals surface area contributed by atoms with Crippen LogP contribution in [0.1, 0.15) is 39.5 Å². The van der Waals surface area contributed by atoms with Gasteiger partial charge < -0.3 is 4.74 Å². The van der Waals surface area contributed by atoms with Crippen LogP contribution in [-0.4, -0.2) is 7.11 Å². The van der Waals surface area contributed by atoms with Crippen LogP contribution in [0.15, 0.2) is 22.5 Å². The van der Waals surface area contributed by atoms with Crippen LogP contribution < -0.4 is 0 Å². The Morgan fingerprint density at radius 2 is 1.79 bits per heavy atom. The molecule has 0 heterocycles. The molecule has 14 heavy (non-hydrogen) atoms. The predicted molar refractivity (Wildman–Crippen MR) is 56.2 cm³/mol. The monoisotopic (exact) mass is 268 g/mol. The molecule has 0 aromatic heterocycles. The van der Waals surface area contributed by atoms with Crippen molar-refractivity contribution >= 4 is 0 Å². The zero-order valence-corrected chi connectivity index (χ0v) is 12.4. The zero-order valence-electron chi connectivity index (χ0n) is 9.52. The molecule has 1 radical (unpaired) electrons. The number of rotatable bonds is 2. The minimum absolute atomic E-state index is 0. The van der Waals surface area contributed by atoms with Gasteiger partial charge in [-0.1, -0.05) is 18.9 Å². The molecule has 0 aromatic carbocycles. The van der Waals surface area contributed by atoms with Crippen LogP contribution >= 0.6 is 0 Å². The number of ether oxygens (including phenoxy) is 1. The fourth-order valence-corrected chi connectivity index (χ4v) is 1.76. The molecule has 0 atom stereocenters. The van der Waals surface area contributed by atoms with Crippen LogP contribution in [0.2, 0.25) is 0 Å². The Kier molecular flexibility index (Phi) is 6.81. The SMILES string of the molecule is [CH2-]/C(C)=C(\C)C1=C(OC)CCCC1.[Y]. The van der Waals surface area contributed by atoms with Gasteiger partial charge in [0, 0.05) is 39.1 Å². The van der Waals surface area contributed by atoms with Crippen LogP contribution in [0.25, 0.3) is 0 Å². The smallest absolute Gasteiger partial charge is 0.0814 e. The van der Waals surface area contributed by atoms with E-state index in [1.165, 1.54) is 29.7 Å². The average molecular weight is 268 g/mol. The number of methoxy groups -OCH3 is 1. The molecule has 1 nitrogen and oxygen atoms in total. The molecule has 0 bridgehead atoms. The third kappa shape index (κ3) is 3.44. The zero-order chi connectivity index (χ0) is 9.84. The van der Waals surface area contributed by atoms with Crippen LogP contribution in [0.4, 0.5) is 0 Å². The summed E-state index contributed by atoms with van der Waals surface area (Å²) in [6.07, 6.45) is 4.79. The van der Waals surface area contributed by atoms with Crippen molar-refractivity contribution in [1.29, 1.82) is 0 Å². The van der Waals surface area contributed by atoms with E-state index >= 15 is 0 Å². The van der Waals surface area contributed by atoms with Crippen molar-refractivity contribution in [2.75, 3.05) is 7.11 Å². The summed E-state index contributed by atoms with van der Waals surface area (Å²) in [6.45, 7) is 8.17. The van der Waals surface area contributed by atoms with E-state index in [9.17, 15) is 0 Å². The first-order valence-electron chi connectivity index (χ1n) is 4.92. The van der Waals surface area contributed by atoms with Gasteiger partial charge in [-0.05, 0) is 12.8 Å². The molecule has 1 aliphatic carbocycles. The molecule has 0 amide bonds. The van der Waals surface area contributed by atoms with Crippen LogP contribution in [0.5, 0.6) is 0 Å². The van der Waals surface area contributed by atoms with Crippen LogP contribution in [-0.2, 0) is 37.4 Å². The van der Waals surface area contributed by atoms with Gasteiger partial charge in [0.05, 0.1) is 12.9 Å². The number of allylic oxidation sites excluding steroid dienone is 4. The fourth-order valence-electron chi connectivity index (χ4n) is 1.76. The Morgan fingerprint density at radius 3 is 2.29 bits per heavy atom. The minimum Gasteiger partial charge on any atom is -0.502 e. The molecular weight excluding hydrogens is 249 g/mol. The second-order valence-electron chi connectivity index (χ2n) is 3.72. The third-order valence-corrected chi connectivity index (χ3v) is 2.76. The van der Waals surface area contributed by atoms with Crippen molar-refractivity contribution in [2.45, 2.75) is 39.5 Å². The Morgan fingerprint density at radius 1 is 1.21 bits per heavy atom. The Balaban J connectivity index is 0.00000169. The summed E-state index contributed by atoms with van der Waals surface area (Å²) in [7, 11) is 1.77. The standard InChI is InChI=1S/C12H19O.Y/c1-9(2)10(3)11-7-5-6-8-12(11)13-4;/h1,5-8H2,2-4H3;/q-1;/b10-9-;. The van der Waals surface area contributed by atoms with Gasteiger partial charge in [0.15, 0.2) is 0 Å². The maximum atomic E-state index is 5.39. The van der Waals surface area contributed by atoms with Gasteiger partial charge in [-0.25, -0.2) is 12.5 Å². The van der Waals surface area contributed by atoms with Gasteiger partial charge >= 0.3 is 0 Å². The average Bonchev–Trinajstić information content (AvgIpc) is 2.16. The first kappa shape index (κ1) is 14.3. The van der Waals surface area contributed by atoms with E-state index in [-0.39, 0.29) is 32.7 Å². The minimum atomic E-state index is 0. The molecule has 0 fully saturated rings. The molecule has 2 heteroatoms. The Bertz CT molecular complexity index is 247. The first-order valence-corrected chi connectivity index (χ1v) is 4.92. The summed E-state index contributed by atoms with van der Waals surface area (Å²) in [4.78, 5) is 0. The molecule has 0 aromatic rings. The molecule has 0 unspecified atom stereocenters. The number of hydrogen-bond donors (Lipinski definition) is 0. The molecular formula is C12H19OY-. The van der Waals surface area contributed by atoms with Gasteiger partial charge in [0.2, 0.25) is 0 Å². The van der Waals surface area contributed by atoms with Crippen molar-refractivity contribution < 1.29 is 37.4 Å². The van der Waals surface area contributed by atoms with Crippen molar-refractivity contribution in [3.05, 3.63) is 29.4 Å². The molecule has 0 aliphatic heterocycles. The summed E-state index contributed by atoms with van der Waals surface area (Å²) in [5, 5.41) is 0. The second kappa shape index (κ2) is 6.69. The van der Waals surface area contributed by atoms with Crippen molar-refractivity contribution in [3.8, 4) is 0 Å². The van der Waals surface area contributed by atoms with Crippen LogP contribution in [0.3, 0.4) is 0 Å². The van der Waals surface area contributed by atoms with Gasteiger partial charge in [-0.2, -0.15) is 5.57 Å². The molecule has 0 N–H and O–H groups in total. The molecule has 0 saturated heterocycles. The fraction of sp³-hybridized carbons (Fsp3) is 0.583. The van der Waals surface area contributed by atoms with Crippen molar-refractivity contribution in [3.63, 3.8) is 0 Å². The topological polar surface area (TPSA) is 9.23 Å². The van der Waals surface area contributed by atoms with Gasteiger partial charge in [-0.15, -0.1) is 6.92 Å². The van der Waals surface area contributed by atoms with Gasteiger partial charge in [0.25, 0.3) is 0 Å². The first-order chi connectivity index (χ1) is 6.16. The largest absolute Gasteiger partial charge is 0.502 e. The summed E-state index contributed by atoms with van der Waals surface area (Å²) >= 11 is 0. The van der Waals surface area contributed by atoms with E-state index < -0.39 is 0 Å². The summed E-state index contributed by atoms with van der Waals surface area (Å²) in [5.41, 5.74) is 3.87. The van der Waals surface area contributed by atoms with E-state index in [4.69, 9.17) is 4.74 Å². The summed E-state index contributed by atoms with van der Waals surface area (Å²) in [5.74, 6) is 1.17. The molecule has 1 aliphatic rings. The third-order valence-electron chi connectivity index (χ3n) is 2.76. The molecule has 1 rings (SSSR count). The predicted octanol–water partition coefficient (Wildman–Crippen LogP) is 3.63. The Hall–Kier alpha value is 0.254. The molecule has 77 valence electrons. The van der Waals surface area contributed by atoms with E-state index in [0.717, 1.165) is 18.4 Å². The van der Waals surface area contributed by atoms with E-state index in [2.05, 4.69) is 20.8 Å².